The van der Waals surface area contributed by atoms with Gasteiger partial charge in [0.1, 0.15) is 23.1 Å². The maximum absolute atomic E-state index is 13.2. The average molecular weight is 458 g/mol. The van der Waals surface area contributed by atoms with Gasteiger partial charge in [0.2, 0.25) is 10.1 Å². The van der Waals surface area contributed by atoms with Crippen molar-refractivity contribution in [2.45, 2.75) is 6.18 Å². The lowest BCUT2D eigenvalue weighted by Gasteiger charge is -2.08. The van der Waals surface area contributed by atoms with Gasteiger partial charge in [-0.25, -0.2) is 19.7 Å². The third kappa shape index (κ3) is 4.83. The van der Waals surface area contributed by atoms with Crippen molar-refractivity contribution in [1.82, 2.24) is 15.0 Å². The van der Waals surface area contributed by atoms with Crippen LogP contribution in [0.1, 0.15) is 15.4 Å². The van der Waals surface area contributed by atoms with Crippen molar-refractivity contribution in [3.05, 3.63) is 77.6 Å². The molecular weight excluding hydrogens is 445 g/mol. The summed E-state index contributed by atoms with van der Waals surface area (Å²) in [7, 11) is 0. The average Bonchev–Trinajstić information content (AvgIpc) is 3.19. The van der Waals surface area contributed by atoms with Crippen LogP contribution in [0.4, 0.5) is 24.8 Å². The maximum atomic E-state index is 13.2. The molecule has 32 heavy (non-hydrogen) atoms. The minimum atomic E-state index is -4.60. The zero-order chi connectivity index (χ0) is 22.7. The number of anilines is 2. The number of carboxylic acid groups (broad SMARTS) is 1. The molecule has 0 aliphatic heterocycles. The Morgan fingerprint density at radius 3 is 2.47 bits per heavy atom. The summed E-state index contributed by atoms with van der Waals surface area (Å²) >= 11 is 0.403. The number of ether oxygens (including phenoxy) is 1. The highest BCUT2D eigenvalue weighted by Gasteiger charge is 2.37. The van der Waals surface area contributed by atoms with Crippen molar-refractivity contribution < 1.29 is 27.8 Å². The number of pyridine rings is 2. The van der Waals surface area contributed by atoms with Gasteiger partial charge in [-0.3, -0.25) is 0 Å². The number of nitrogens with one attached hydrogen (secondary N) is 1. The molecule has 1 aromatic carbocycles. The number of rotatable bonds is 6. The topological polar surface area (TPSA) is 97.2 Å². The van der Waals surface area contributed by atoms with Crippen LogP contribution in [0, 0.1) is 0 Å². The highest BCUT2D eigenvalue weighted by atomic mass is 32.1. The van der Waals surface area contributed by atoms with Crippen molar-refractivity contribution in [2.24, 2.45) is 0 Å². The molecular formula is C21H13F3N4O3S. The molecule has 3 heterocycles. The standard InChI is InChI=1S/C21H13F3N4O3S/c22-21(23,24)20-28-17(12-4-2-1-3-5-12)19(32-20)31-14-8-9-25-16(10-14)27-15-7-6-13(11-26-15)18(29)30/h1-11H,(H,29,30)(H,25,26,27). The van der Waals surface area contributed by atoms with Crippen molar-refractivity contribution in [1.29, 1.82) is 0 Å². The summed E-state index contributed by atoms with van der Waals surface area (Å²) in [6.45, 7) is 0. The summed E-state index contributed by atoms with van der Waals surface area (Å²) in [5.74, 6) is -0.226. The number of hydrogen-bond acceptors (Lipinski definition) is 7. The number of carbonyl (C=O) groups is 1. The Morgan fingerprint density at radius 1 is 1.03 bits per heavy atom. The molecule has 0 atom stereocenters. The molecule has 0 aliphatic rings. The van der Waals surface area contributed by atoms with Crippen molar-refractivity contribution in [2.75, 3.05) is 5.32 Å². The Balaban J connectivity index is 1.60. The Kier molecular flexibility index (Phi) is 5.73. The van der Waals surface area contributed by atoms with Gasteiger partial charge in [-0.1, -0.05) is 41.7 Å². The summed E-state index contributed by atoms with van der Waals surface area (Å²) in [6.07, 6.45) is -2.00. The van der Waals surface area contributed by atoms with E-state index >= 15 is 0 Å². The van der Waals surface area contributed by atoms with Gasteiger partial charge in [-0.05, 0) is 18.2 Å². The molecule has 0 saturated carbocycles. The second-order valence-corrected chi connectivity index (χ2v) is 7.32. The smallest absolute Gasteiger partial charge is 0.443 e. The SMILES string of the molecule is O=C(O)c1ccc(Nc2cc(Oc3sc(C(F)(F)F)nc3-c3ccccc3)ccn2)nc1. The van der Waals surface area contributed by atoms with E-state index in [1.54, 1.807) is 30.3 Å². The second-order valence-electron chi connectivity index (χ2n) is 6.36. The van der Waals surface area contributed by atoms with Gasteiger partial charge in [-0.2, -0.15) is 13.2 Å². The second kappa shape index (κ2) is 8.63. The van der Waals surface area contributed by atoms with Gasteiger partial charge in [0.05, 0.1) is 5.56 Å². The third-order valence-corrected chi connectivity index (χ3v) is 5.07. The Hall–Kier alpha value is -3.99. The molecule has 2 N–H and O–H groups in total. The fourth-order valence-corrected chi connectivity index (χ4v) is 3.48. The van der Waals surface area contributed by atoms with Crippen molar-refractivity contribution in [3.63, 3.8) is 0 Å². The highest BCUT2D eigenvalue weighted by molar-refractivity contribution is 7.14. The van der Waals surface area contributed by atoms with Crippen LogP contribution in [0.5, 0.6) is 10.8 Å². The van der Waals surface area contributed by atoms with Gasteiger partial charge in [-0.15, -0.1) is 0 Å². The molecule has 4 aromatic rings. The molecule has 7 nitrogen and oxygen atoms in total. The maximum Gasteiger partial charge on any atom is 0.443 e. The normalized spacial score (nSPS) is 11.2. The summed E-state index contributed by atoms with van der Waals surface area (Å²) < 4.78 is 45.5. The summed E-state index contributed by atoms with van der Waals surface area (Å²) in [5.41, 5.74) is 0.601. The molecule has 0 bridgehead atoms. The number of thiazole rings is 1. The molecule has 0 saturated heterocycles. The van der Waals surface area contributed by atoms with E-state index in [1.165, 1.54) is 36.7 Å². The van der Waals surface area contributed by atoms with E-state index in [0.717, 1.165) is 0 Å². The lowest BCUT2D eigenvalue weighted by molar-refractivity contribution is -0.137. The first-order valence-electron chi connectivity index (χ1n) is 9.03. The van der Waals surface area contributed by atoms with E-state index < -0.39 is 17.2 Å². The van der Waals surface area contributed by atoms with E-state index in [2.05, 4.69) is 20.3 Å². The number of hydrogen-bond donors (Lipinski definition) is 2. The molecule has 0 fully saturated rings. The first-order chi connectivity index (χ1) is 15.3. The molecule has 3 aromatic heterocycles. The number of alkyl halides is 3. The number of aromatic carboxylic acids is 1. The number of halogens is 3. The van der Waals surface area contributed by atoms with E-state index in [4.69, 9.17) is 9.84 Å². The van der Waals surface area contributed by atoms with Gasteiger partial charge < -0.3 is 15.2 Å². The van der Waals surface area contributed by atoms with Crippen LogP contribution in [0.3, 0.4) is 0 Å². The molecule has 0 radical (unpaired) electrons. The van der Waals surface area contributed by atoms with E-state index in [0.29, 0.717) is 28.5 Å². The Labute approximate surface area is 183 Å². The zero-order valence-electron chi connectivity index (χ0n) is 16.0. The van der Waals surface area contributed by atoms with Crippen LogP contribution in [0.15, 0.2) is 67.0 Å². The van der Waals surface area contributed by atoms with Crippen LogP contribution in [0.2, 0.25) is 0 Å². The number of nitrogens with zero attached hydrogens (tertiary/aromatic N) is 3. The lowest BCUT2D eigenvalue weighted by atomic mass is 10.2. The van der Waals surface area contributed by atoms with Gasteiger partial charge in [0, 0.05) is 24.0 Å². The molecule has 0 unspecified atom stereocenters. The molecule has 0 amide bonds. The third-order valence-electron chi connectivity index (χ3n) is 4.09. The van der Waals surface area contributed by atoms with E-state index in [-0.39, 0.29) is 22.1 Å². The van der Waals surface area contributed by atoms with Gasteiger partial charge >= 0.3 is 12.1 Å². The molecule has 4 rings (SSSR count). The quantitative estimate of drug-likeness (QED) is 0.374. The first kappa shape index (κ1) is 21.2. The van der Waals surface area contributed by atoms with E-state index in [1.807, 2.05) is 0 Å². The van der Waals surface area contributed by atoms with Crippen LogP contribution in [-0.2, 0) is 6.18 Å². The van der Waals surface area contributed by atoms with Crippen molar-refractivity contribution in [3.8, 4) is 22.1 Å². The summed E-state index contributed by atoms with van der Waals surface area (Å²) in [6, 6.07) is 14.3. The van der Waals surface area contributed by atoms with Crippen LogP contribution in [-0.4, -0.2) is 26.0 Å². The van der Waals surface area contributed by atoms with Crippen molar-refractivity contribution >= 4 is 28.9 Å². The zero-order valence-corrected chi connectivity index (χ0v) is 16.8. The minimum absolute atomic E-state index is 0.00962. The fourth-order valence-electron chi connectivity index (χ4n) is 2.65. The molecule has 11 heteroatoms. The molecule has 162 valence electrons. The first-order valence-corrected chi connectivity index (χ1v) is 9.85. The molecule has 0 spiro atoms. The predicted octanol–water partition coefficient (Wildman–Crippen LogP) is 5.85. The van der Waals surface area contributed by atoms with Gasteiger partial charge in [0.25, 0.3) is 0 Å². The Bertz CT molecular complexity index is 1250. The Morgan fingerprint density at radius 2 is 1.81 bits per heavy atom. The fraction of sp³-hybridized carbons (Fsp3) is 0.0476. The number of benzene rings is 1. The van der Waals surface area contributed by atoms with E-state index in [9.17, 15) is 18.0 Å². The minimum Gasteiger partial charge on any atom is -0.478 e. The van der Waals surface area contributed by atoms with Gasteiger partial charge in [0.15, 0.2) is 0 Å². The highest BCUT2D eigenvalue weighted by Crippen LogP contribution is 2.44. The van der Waals surface area contributed by atoms with Crippen LogP contribution in [0.25, 0.3) is 11.3 Å². The summed E-state index contributed by atoms with van der Waals surface area (Å²) in [4.78, 5) is 22.8. The number of aromatic nitrogens is 3. The predicted molar refractivity (Wildman–Crippen MR) is 111 cm³/mol. The van der Waals surface area contributed by atoms with Crippen LogP contribution >= 0.6 is 11.3 Å². The number of carboxylic acids is 1. The lowest BCUT2D eigenvalue weighted by Crippen LogP contribution is -2.03. The molecule has 0 aliphatic carbocycles. The largest absolute Gasteiger partial charge is 0.478 e. The monoisotopic (exact) mass is 458 g/mol. The van der Waals surface area contributed by atoms with Crippen LogP contribution < -0.4 is 10.1 Å². The summed E-state index contributed by atoms with van der Waals surface area (Å²) in [5, 5.41) is 10.8.